The maximum Gasteiger partial charge on any atom is 2.00 e. The molecule has 0 heterocycles. The summed E-state index contributed by atoms with van der Waals surface area (Å²) < 4.78 is 3.67. The van der Waals surface area contributed by atoms with Crippen LogP contribution in [-0.2, 0) is 4.74 Å². The minimum atomic E-state index is -1.25. The van der Waals surface area contributed by atoms with Gasteiger partial charge in [-0.3, -0.25) is 4.79 Å². The van der Waals surface area contributed by atoms with Crippen molar-refractivity contribution in [3.8, 4) is 0 Å². The Morgan fingerprint density at radius 3 is 1.93 bits per heavy atom. The number of carbonyl (C=O) groups is 2. The molecule has 6 heteroatoms. The van der Waals surface area contributed by atoms with Gasteiger partial charge in [0, 0.05) is 5.56 Å². The molecule has 0 unspecified atom stereocenters. The monoisotopic (exact) mass is 337 g/mol. The molecule has 5 nitrogen and oxygen atoms in total. The summed E-state index contributed by atoms with van der Waals surface area (Å²) in [5.74, 6) is -0.379. The van der Waals surface area contributed by atoms with Gasteiger partial charge in [0.05, 0.1) is 7.11 Å². The van der Waals surface area contributed by atoms with Crippen molar-refractivity contribution >= 4 is 60.9 Å². The molecule has 0 spiro atoms. The second-order valence-electron chi connectivity index (χ2n) is 2.20. The summed E-state index contributed by atoms with van der Waals surface area (Å²) in [6, 6.07) is 8.76. The Hall–Kier alpha value is -0.469. The molecule has 1 amide bonds. The Labute approximate surface area is 131 Å². The van der Waals surface area contributed by atoms with Crippen LogP contribution >= 0.6 is 0 Å². The molecule has 0 bridgehead atoms. The molecular formula is C9H13BaNO4. The first-order chi connectivity index (χ1) is 6.57. The van der Waals surface area contributed by atoms with Gasteiger partial charge in [0.15, 0.2) is 0 Å². The molecule has 0 saturated heterocycles. The zero-order valence-corrected chi connectivity index (χ0v) is 12.8. The summed E-state index contributed by atoms with van der Waals surface area (Å²) in [6.45, 7) is 0. The number of carbonyl (C=O) groups excluding carboxylic acids is 1. The third-order valence-corrected chi connectivity index (χ3v) is 1.23. The van der Waals surface area contributed by atoms with Gasteiger partial charge in [0.25, 0.3) is 0 Å². The molecule has 0 aliphatic heterocycles. The molecule has 0 saturated carbocycles. The van der Waals surface area contributed by atoms with Gasteiger partial charge in [-0.1, -0.05) is 18.2 Å². The van der Waals surface area contributed by atoms with E-state index < -0.39 is 6.16 Å². The van der Waals surface area contributed by atoms with E-state index in [0.29, 0.717) is 5.56 Å². The first-order valence-electron chi connectivity index (χ1n) is 3.69. The Balaban J connectivity index is -0.0000000948. The predicted molar refractivity (Wildman–Crippen MR) is 58.0 cm³/mol. The molecule has 1 aromatic carbocycles. The van der Waals surface area contributed by atoms with Crippen molar-refractivity contribution in [1.29, 1.82) is 0 Å². The van der Waals surface area contributed by atoms with E-state index in [2.05, 4.69) is 4.74 Å². The quantitative estimate of drug-likeness (QED) is 0.590. The van der Waals surface area contributed by atoms with Crippen LogP contribution in [0.1, 0.15) is 13.2 Å². The van der Waals surface area contributed by atoms with E-state index in [9.17, 15) is 4.79 Å². The fraction of sp³-hybridized carbons (Fsp3) is 0.111. The minimum Gasteiger partial charge on any atom is -1.00 e. The molecule has 1 rings (SSSR count). The van der Waals surface area contributed by atoms with Crippen LogP contribution in [0.25, 0.3) is 0 Å². The van der Waals surface area contributed by atoms with E-state index in [0.717, 1.165) is 7.11 Å². The van der Waals surface area contributed by atoms with Crippen LogP contribution in [0.4, 0.5) is 4.79 Å². The van der Waals surface area contributed by atoms with E-state index in [1.165, 1.54) is 0 Å². The summed E-state index contributed by atoms with van der Waals surface area (Å²) >= 11 is 0. The summed E-state index contributed by atoms with van der Waals surface area (Å²) in [7, 11) is 1.10. The van der Waals surface area contributed by atoms with Crippen LogP contribution in [-0.4, -0.2) is 73.2 Å². The zero-order valence-electron chi connectivity index (χ0n) is 10.3. The van der Waals surface area contributed by atoms with Gasteiger partial charge in [-0.15, -0.1) is 0 Å². The molecule has 15 heavy (non-hydrogen) atoms. The second kappa shape index (κ2) is 10.1. The minimum absolute atomic E-state index is 0. The number of carboxylic acid groups (broad SMARTS) is 1. The zero-order chi connectivity index (χ0) is 11.0. The summed E-state index contributed by atoms with van der Waals surface area (Å²) in [5.41, 5.74) is 5.53. The average Bonchev–Trinajstić information content (AvgIpc) is 2.20. The first kappa shape index (κ1) is 16.9. The SMILES string of the molecule is COC(=O)O.NC(=O)c1ccccc1.[Ba+2].[H-].[H-]. The van der Waals surface area contributed by atoms with E-state index in [1.807, 2.05) is 6.07 Å². The topological polar surface area (TPSA) is 89.6 Å². The fourth-order valence-electron chi connectivity index (χ4n) is 0.602. The number of primary amides is 1. The van der Waals surface area contributed by atoms with Crippen molar-refractivity contribution in [3.05, 3.63) is 35.9 Å². The molecule has 0 atom stereocenters. The number of hydrogen-bond acceptors (Lipinski definition) is 3. The third-order valence-electron chi connectivity index (χ3n) is 1.23. The molecule has 1 aromatic rings. The Morgan fingerprint density at radius 2 is 1.73 bits per heavy atom. The van der Waals surface area contributed by atoms with Crippen molar-refractivity contribution in [2.75, 3.05) is 7.11 Å². The van der Waals surface area contributed by atoms with Crippen molar-refractivity contribution in [2.45, 2.75) is 0 Å². The van der Waals surface area contributed by atoms with Crippen LogP contribution in [0.3, 0.4) is 0 Å². The maximum absolute atomic E-state index is 10.4. The molecule has 3 N–H and O–H groups in total. The normalized spacial score (nSPS) is 7.53. The van der Waals surface area contributed by atoms with Crippen LogP contribution in [0.15, 0.2) is 30.3 Å². The summed E-state index contributed by atoms with van der Waals surface area (Å²) in [4.78, 5) is 19.6. The number of ether oxygens (including phenoxy) is 1. The van der Waals surface area contributed by atoms with Gasteiger partial charge in [0.2, 0.25) is 5.91 Å². The predicted octanol–water partition coefficient (Wildman–Crippen LogP) is 0.941. The van der Waals surface area contributed by atoms with E-state index >= 15 is 0 Å². The third kappa shape index (κ3) is 9.83. The molecule has 80 valence electrons. The summed E-state index contributed by atoms with van der Waals surface area (Å²) in [6.07, 6.45) is -1.25. The van der Waals surface area contributed by atoms with Crippen molar-refractivity contribution < 1.29 is 22.3 Å². The van der Waals surface area contributed by atoms with E-state index in [-0.39, 0.29) is 57.6 Å². The molecule has 0 aromatic heterocycles. The number of rotatable bonds is 1. The Morgan fingerprint density at radius 1 is 1.33 bits per heavy atom. The maximum atomic E-state index is 10.4. The van der Waals surface area contributed by atoms with Crippen molar-refractivity contribution in [3.63, 3.8) is 0 Å². The van der Waals surface area contributed by atoms with Crippen LogP contribution in [0.2, 0.25) is 0 Å². The largest absolute Gasteiger partial charge is 2.00 e. The molecule has 0 radical (unpaired) electrons. The van der Waals surface area contributed by atoms with Gasteiger partial charge in [0.1, 0.15) is 0 Å². The van der Waals surface area contributed by atoms with Crippen molar-refractivity contribution in [1.82, 2.24) is 0 Å². The number of benzene rings is 1. The number of hydrogen-bond donors (Lipinski definition) is 2. The Kier molecular flexibility index (Phi) is 11.4. The molecular weight excluding hydrogens is 323 g/mol. The van der Waals surface area contributed by atoms with Crippen LogP contribution in [0, 0.1) is 0 Å². The van der Waals surface area contributed by atoms with Gasteiger partial charge >= 0.3 is 55.0 Å². The molecule has 0 aliphatic rings. The van der Waals surface area contributed by atoms with Crippen molar-refractivity contribution in [2.24, 2.45) is 5.73 Å². The van der Waals surface area contributed by atoms with E-state index in [1.54, 1.807) is 24.3 Å². The van der Waals surface area contributed by atoms with Crippen LogP contribution in [0.5, 0.6) is 0 Å². The number of nitrogens with two attached hydrogens (primary N) is 1. The van der Waals surface area contributed by atoms with E-state index in [4.69, 9.17) is 15.6 Å². The number of amides is 1. The first-order valence-corrected chi connectivity index (χ1v) is 3.69. The smallest absolute Gasteiger partial charge is 1.00 e. The fourth-order valence-corrected chi connectivity index (χ4v) is 0.602. The standard InChI is InChI=1S/C7H7NO.C2H4O3.Ba.2H/c8-7(9)6-4-2-1-3-5-6;1-5-2(3)4;;;/h1-5H,(H2,8,9);1H3,(H,3,4);;;/q;;+2;2*-1. The number of methoxy groups -OCH3 is 1. The molecule has 0 fully saturated rings. The van der Waals surface area contributed by atoms with Gasteiger partial charge < -0.3 is 18.4 Å². The van der Waals surface area contributed by atoms with Crippen LogP contribution < -0.4 is 5.73 Å². The second-order valence-corrected chi connectivity index (χ2v) is 2.20. The van der Waals surface area contributed by atoms with Gasteiger partial charge in [-0.25, -0.2) is 4.79 Å². The molecule has 0 aliphatic carbocycles. The Bertz CT molecular complexity index is 311. The average molecular weight is 337 g/mol. The summed E-state index contributed by atoms with van der Waals surface area (Å²) in [5, 5.41) is 7.50. The van der Waals surface area contributed by atoms with Gasteiger partial charge in [-0.05, 0) is 12.1 Å². The van der Waals surface area contributed by atoms with Gasteiger partial charge in [-0.2, -0.15) is 0 Å².